The van der Waals surface area contributed by atoms with E-state index in [0.29, 0.717) is 10.8 Å². The van der Waals surface area contributed by atoms with Crippen molar-refractivity contribution in [2.45, 2.75) is 64.3 Å². The van der Waals surface area contributed by atoms with Crippen LogP contribution < -0.4 is 10.0 Å². The molecule has 0 radical (unpaired) electrons. The number of nitrogens with two attached hydrogens (primary N) is 1. The SMILES string of the molecule is CC(C)(O)c1nc(N(c2c3c(cc4c2CCC4)CCC3)C(O)/N=[S-](\N)=O)cs1. The summed E-state index contributed by atoms with van der Waals surface area (Å²) in [7, 11) is -2.01. The van der Waals surface area contributed by atoms with Crippen LogP contribution in [0.3, 0.4) is 0 Å². The average molecular weight is 422 g/mol. The molecule has 152 valence electrons. The van der Waals surface area contributed by atoms with Crippen LogP contribution >= 0.6 is 11.3 Å². The first-order valence-corrected chi connectivity index (χ1v) is 11.5. The Bertz CT molecular complexity index is 958. The van der Waals surface area contributed by atoms with Gasteiger partial charge in [-0.2, -0.15) is 0 Å². The number of aliphatic hydroxyl groups excluding tert-OH is 1. The second-order valence-corrected chi connectivity index (χ2v) is 9.50. The molecule has 4 rings (SSSR count). The smallest absolute Gasteiger partial charge is 0.209 e. The summed E-state index contributed by atoms with van der Waals surface area (Å²) in [6, 6.07) is 2.31. The van der Waals surface area contributed by atoms with Crippen molar-refractivity contribution in [1.29, 1.82) is 0 Å². The number of benzene rings is 1. The first-order valence-electron chi connectivity index (χ1n) is 9.45. The molecule has 28 heavy (non-hydrogen) atoms. The lowest BCUT2D eigenvalue weighted by Gasteiger charge is -2.31. The maximum absolute atomic E-state index is 11.5. The number of thiazole rings is 1. The van der Waals surface area contributed by atoms with E-state index in [9.17, 15) is 14.4 Å². The molecule has 9 heteroatoms. The lowest BCUT2D eigenvalue weighted by atomic mass is 9.98. The Balaban J connectivity index is 1.92. The van der Waals surface area contributed by atoms with Gasteiger partial charge in [0.15, 0.2) is 0 Å². The molecule has 0 amide bonds. The van der Waals surface area contributed by atoms with Crippen LogP contribution in [0.25, 0.3) is 0 Å². The van der Waals surface area contributed by atoms with E-state index < -0.39 is 22.7 Å². The van der Waals surface area contributed by atoms with Gasteiger partial charge in [0.1, 0.15) is 16.4 Å². The van der Waals surface area contributed by atoms with E-state index in [1.165, 1.54) is 33.6 Å². The van der Waals surface area contributed by atoms with Gasteiger partial charge in [0.25, 0.3) is 0 Å². The third-order valence-electron chi connectivity index (χ3n) is 5.37. The van der Waals surface area contributed by atoms with Gasteiger partial charge >= 0.3 is 0 Å². The highest BCUT2D eigenvalue weighted by molar-refractivity contribution is 7.72. The highest BCUT2D eigenvalue weighted by atomic mass is 32.2. The standard InChI is InChI=1S/C19H25N4O3S2/c1-19(2,25)17-21-15(10-27-17)23(18(24)22-28(20)26)16-13-7-3-5-11(13)9-12-6-4-8-14(12)16/h9-10,18,24-25H,3-8H2,1-2H3,(H2,20,22,26)/q-1. The lowest BCUT2D eigenvalue weighted by Crippen LogP contribution is -2.32. The van der Waals surface area contributed by atoms with Crippen LogP contribution in [0.1, 0.15) is 54.0 Å². The van der Waals surface area contributed by atoms with E-state index >= 15 is 0 Å². The van der Waals surface area contributed by atoms with Crippen molar-refractivity contribution in [3.8, 4) is 0 Å². The Kier molecular flexibility index (Phi) is 5.22. The average Bonchev–Trinajstić information content (AvgIpc) is 3.33. The van der Waals surface area contributed by atoms with Crippen LogP contribution in [0.4, 0.5) is 11.5 Å². The fourth-order valence-electron chi connectivity index (χ4n) is 4.22. The minimum atomic E-state index is -2.01. The zero-order valence-corrected chi connectivity index (χ0v) is 17.6. The molecule has 1 unspecified atom stereocenters. The molecule has 4 N–H and O–H groups in total. The Hall–Kier alpha value is -1.52. The first kappa shape index (κ1) is 19.8. The van der Waals surface area contributed by atoms with E-state index in [1.54, 1.807) is 24.1 Å². The van der Waals surface area contributed by atoms with Gasteiger partial charge in [-0.3, -0.25) is 4.90 Å². The van der Waals surface area contributed by atoms with Crippen LogP contribution in [-0.4, -0.2) is 21.5 Å². The minimum Gasteiger partial charge on any atom is -0.430 e. The van der Waals surface area contributed by atoms with Crippen LogP contribution in [-0.2, 0) is 46.3 Å². The summed E-state index contributed by atoms with van der Waals surface area (Å²) in [6.07, 6.45) is 4.61. The fraction of sp³-hybridized carbons (Fsp3) is 0.526. The third kappa shape index (κ3) is 3.57. The molecule has 0 aliphatic heterocycles. The maximum Gasteiger partial charge on any atom is 0.209 e. The number of aromatic nitrogens is 1. The zero-order chi connectivity index (χ0) is 20.1. The van der Waals surface area contributed by atoms with Gasteiger partial charge in [-0.15, -0.1) is 22.1 Å². The van der Waals surface area contributed by atoms with Crippen LogP contribution in [0.2, 0.25) is 0 Å². The molecule has 1 heterocycles. The van der Waals surface area contributed by atoms with E-state index in [-0.39, 0.29) is 0 Å². The van der Waals surface area contributed by atoms with Crippen molar-refractivity contribution in [3.05, 3.63) is 38.7 Å². The van der Waals surface area contributed by atoms with Crippen molar-refractivity contribution in [1.82, 2.24) is 4.98 Å². The fourth-order valence-corrected chi connectivity index (χ4v) is 5.32. The molecule has 1 atom stereocenters. The summed E-state index contributed by atoms with van der Waals surface area (Å²) >= 11 is 1.32. The molecule has 2 aliphatic rings. The number of hydrogen-bond acceptors (Lipinski definition) is 8. The third-order valence-corrected chi connectivity index (χ3v) is 6.91. The van der Waals surface area contributed by atoms with Gasteiger partial charge in [-0.25, -0.2) is 4.98 Å². The van der Waals surface area contributed by atoms with Crippen molar-refractivity contribution in [3.63, 3.8) is 0 Å². The predicted octanol–water partition coefficient (Wildman–Crippen LogP) is 2.78. The number of aryl methyl sites for hydroxylation is 2. The summed E-state index contributed by atoms with van der Waals surface area (Å²) in [6.45, 7) is 3.35. The summed E-state index contributed by atoms with van der Waals surface area (Å²) in [5.41, 5.74) is 4.86. The Morgan fingerprint density at radius 3 is 2.36 bits per heavy atom. The van der Waals surface area contributed by atoms with Gasteiger partial charge in [0.05, 0.1) is 5.69 Å². The Morgan fingerprint density at radius 2 is 1.86 bits per heavy atom. The number of aliphatic hydroxyl groups is 2. The number of nitrogens with zero attached hydrogens (tertiary/aromatic N) is 3. The molecule has 7 nitrogen and oxygen atoms in total. The lowest BCUT2D eigenvalue weighted by molar-refractivity contribution is 0.0782. The van der Waals surface area contributed by atoms with Crippen LogP contribution in [0.15, 0.2) is 15.8 Å². The van der Waals surface area contributed by atoms with Gasteiger partial charge < -0.3 is 23.9 Å². The summed E-state index contributed by atoms with van der Waals surface area (Å²) < 4.78 is 15.3. The van der Waals surface area contributed by atoms with E-state index in [4.69, 9.17) is 5.14 Å². The summed E-state index contributed by atoms with van der Waals surface area (Å²) in [4.78, 5) is 6.22. The van der Waals surface area contributed by atoms with Gasteiger partial charge in [-0.05, 0) is 74.6 Å². The van der Waals surface area contributed by atoms with Crippen molar-refractivity contribution >= 4 is 33.6 Å². The molecule has 0 spiro atoms. The first-order chi connectivity index (χ1) is 13.3. The Morgan fingerprint density at radius 1 is 1.25 bits per heavy atom. The van der Waals surface area contributed by atoms with Crippen molar-refractivity contribution in [2.75, 3.05) is 4.90 Å². The number of hydrogen-bond donors (Lipinski definition) is 3. The van der Waals surface area contributed by atoms with Crippen molar-refractivity contribution < 1.29 is 14.4 Å². The molecule has 1 aromatic heterocycles. The molecule has 1 aromatic carbocycles. The maximum atomic E-state index is 11.5. The highest BCUT2D eigenvalue weighted by Crippen LogP contribution is 2.44. The van der Waals surface area contributed by atoms with E-state index in [1.807, 2.05) is 0 Å². The van der Waals surface area contributed by atoms with Gasteiger partial charge in [0, 0.05) is 5.38 Å². The van der Waals surface area contributed by atoms with E-state index in [0.717, 1.165) is 44.2 Å². The van der Waals surface area contributed by atoms with Crippen LogP contribution in [0.5, 0.6) is 0 Å². The molecule has 0 saturated carbocycles. The van der Waals surface area contributed by atoms with Crippen LogP contribution in [0, 0.1) is 0 Å². The van der Waals surface area contributed by atoms with Crippen molar-refractivity contribution in [2.24, 2.45) is 9.50 Å². The summed E-state index contributed by atoms with van der Waals surface area (Å²) in [5, 5.41) is 28.9. The number of fused-ring (bicyclic) bond motifs is 2. The molecular weight excluding hydrogens is 396 g/mol. The molecule has 0 saturated heterocycles. The topological polar surface area (TPSA) is 112 Å². The predicted molar refractivity (Wildman–Crippen MR) is 111 cm³/mol. The molecule has 2 aliphatic carbocycles. The Labute approximate surface area is 170 Å². The van der Waals surface area contributed by atoms with Gasteiger partial charge in [0.2, 0.25) is 6.35 Å². The molecule has 2 aromatic rings. The molecule has 0 bridgehead atoms. The highest BCUT2D eigenvalue weighted by Gasteiger charge is 2.32. The molecular formula is C19H25N4O3S2-. The molecule has 0 fully saturated rings. The number of rotatable bonds is 5. The normalized spacial score (nSPS) is 18.2. The quantitative estimate of drug-likeness (QED) is 0.508. The number of anilines is 2. The second kappa shape index (κ2) is 7.38. The van der Waals surface area contributed by atoms with E-state index in [2.05, 4.69) is 15.4 Å². The minimum absolute atomic E-state index is 0.484. The second-order valence-electron chi connectivity index (χ2n) is 7.88. The zero-order valence-electron chi connectivity index (χ0n) is 16.0. The van der Waals surface area contributed by atoms with Gasteiger partial charge in [-0.1, -0.05) is 6.07 Å². The largest absolute Gasteiger partial charge is 0.430 e. The monoisotopic (exact) mass is 421 g/mol. The summed E-state index contributed by atoms with van der Waals surface area (Å²) in [5.74, 6) is 0.484.